The number of thiophene rings is 5. The van der Waals surface area contributed by atoms with Crippen LogP contribution in [0.1, 0.15) is 275 Å². The Morgan fingerprint density at radius 2 is 0.733 bits per heavy atom. The van der Waals surface area contributed by atoms with E-state index in [4.69, 9.17) is 0 Å². The van der Waals surface area contributed by atoms with Gasteiger partial charge in [0.2, 0.25) is 0 Å². The van der Waals surface area contributed by atoms with Gasteiger partial charge in [-0.05, 0) is 0 Å². The van der Waals surface area contributed by atoms with Gasteiger partial charge in [0.1, 0.15) is 0 Å². The molecule has 0 saturated carbocycles. The second kappa shape index (κ2) is 40.2. The maximum atomic E-state index is 2.83. The molecule has 2 aliphatic rings. The van der Waals surface area contributed by atoms with Gasteiger partial charge in [0, 0.05) is 0 Å². The molecule has 5 aromatic rings. The Balaban J connectivity index is 0.000000247. The molecule has 5 aromatic heterocycles. The molecular weight excluding hydrogens is 1580 g/mol. The summed E-state index contributed by atoms with van der Waals surface area (Å²) >= 11 is 2.33. The molecule has 512 valence electrons. The molecular formula is C80H142GeS5SiSn3. The number of unbranched alkanes of at least 4 members (excludes halogenated alkanes) is 14. The van der Waals surface area contributed by atoms with Crippen molar-refractivity contribution in [2.45, 2.75) is 350 Å². The average molecular weight is 1720 g/mol. The molecule has 4 unspecified atom stereocenters. The van der Waals surface area contributed by atoms with Gasteiger partial charge >= 0.3 is 604 Å². The molecule has 90 heavy (non-hydrogen) atoms. The maximum absolute atomic E-state index is 2.83. The van der Waals surface area contributed by atoms with Gasteiger partial charge in [0.25, 0.3) is 0 Å². The molecule has 2 aliphatic heterocycles. The molecule has 0 aromatic carbocycles. The molecule has 0 amide bonds. The molecule has 0 aliphatic carbocycles. The van der Waals surface area contributed by atoms with Crippen molar-refractivity contribution in [1.29, 1.82) is 0 Å². The van der Waals surface area contributed by atoms with Gasteiger partial charge in [-0.25, -0.2) is 0 Å². The SMILES string of the molecule is CCCCC(CC)C[Si]1(CC(CC)CCCC)c2cc(C)sc2-c2s[c]([Sn]([CH3])([CH3])[CH3])cc21.CCCCC(CC)[CH2][Ge]1([CH2]C(CC)CCCC)[c]2cc(C)sc2-c2s[c]([Sn]([CH3])([CH3])[CH3])c[c]21.CCCCCCCCc1c(C)s[c]([Sn]([CH3])([CH3])[CH3])c1CCCCCCCC. The van der Waals surface area contributed by atoms with Crippen molar-refractivity contribution in [2.24, 2.45) is 23.7 Å². The first-order chi connectivity index (χ1) is 42.8. The van der Waals surface area contributed by atoms with Crippen molar-refractivity contribution in [2.75, 3.05) is 0 Å². The van der Waals surface area contributed by atoms with Crippen LogP contribution < -0.4 is 27.8 Å². The van der Waals surface area contributed by atoms with Crippen molar-refractivity contribution in [3.05, 3.63) is 50.0 Å². The van der Waals surface area contributed by atoms with Crippen molar-refractivity contribution >= 4 is 161 Å². The summed E-state index contributed by atoms with van der Waals surface area (Å²) in [5, 5.41) is 6.88. The van der Waals surface area contributed by atoms with E-state index in [1.165, 1.54) is 205 Å². The number of fused-ring (bicyclic) bond motifs is 6. The van der Waals surface area contributed by atoms with Crippen LogP contribution >= 0.6 is 56.7 Å². The topological polar surface area (TPSA) is 0 Å². The molecule has 7 rings (SSSR count). The van der Waals surface area contributed by atoms with E-state index in [0.29, 0.717) is 0 Å². The molecule has 7 heterocycles. The Morgan fingerprint density at radius 1 is 0.367 bits per heavy atom. The number of hydrogen-bond acceptors (Lipinski definition) is 5. The number of rotatable bonds is 41. The Hall–Kier alpha value is 1.66. The molecule has 0 N–H and O–H groups in total. The number of hydrogen-bond donors (Lipinski definition) is 0. The second-order valence-corrected chi connectivity index (χ2v) is 96.8. The van der Waals surface area contributed by atoms with Gasteiger partial charge in [-0.2, -0.15) is 0 Å². The van der Waals surface area contributed by atoms with Crippen molar-refractivity contribution in [1.82, 2.24) is 0 Å². The first-order valence-corrected chi connectivity index (χ1v) is 80.0. The van der Waals surface area contributed by atoms with Crippen LogP contribution in [0.5, 0.6) is 0 Å². The van der Waals surface area contributed by atoms with E-state index >= 15 is 0 Å². The summed E-state index contributed by atoms with van der Waals surface area (Å²) in [4.78, 5) is 35.3. The zero-order valence-corrected chi connectivity index (χ0v) is 78.9. The summed E-state index contributed by atoms with van der Waals surface area (Å²) in [5.41, 5.74) is 3.61. The Bertz CT molecular complexity index is 2640. The first-order valence-electron chi connectivity index (χ1n) is 38.4. The zero-order chi connectivity index (χ0) is 66.5. The summed E-state index contributed by atoms with van der Waals surface area (Å²) in [6.45, 7) is 31.1. The molecule has 0 fully saturated rings. The molecule has 0 bridgehead atoms. The third kappa shape index (κ3) is 22.8. The molecule has 0 nitrogen and oxygen atoms in total. The van der Waals surface area contributed by atoms with E-state index in [1.54, 1.807) is 50.2 Å². The minimum atomic E-state index is -2.42. The Labute approximate surface area is 596 Å². The van der Waals surface area contributed by atoms with Crippen LogP contribution in [0.4, 0.5) is 0 Å². The van der Waals surface area contributed by atoms with Crippen LogP contribution in [0, 0.1) is 44.4 Å². The summed E-state index contributed by atoms with van der Waals surface area (Å²) < 4.78 is 9.39. The Kier molecular flexibility index (Phi) is 36.8. The monoisotopic (exact) mass is 1720 g/mol. The van der Waals surface area contributed by atoms with Crippen LogP contribution in [-0.4, -0.2) is 76.5 Å². The minimum absolute atomic E-state index is 0.908. The van der Waals surface area contributed by atoms with E-state index in [2.05, 4.69) is 215 Å². The van der Waals surface area contributed by atoms with E-state index < -0.39 is 76.5 Å². The molecule has 0 saturated heterocycles. The van der Waals surface area contributed by atoms with Gasteiger partial charge in [-0.3, -0.25) is 0 Å². The number of aryl methyl sites for hydroxylation is 3. The normalized spacial score (nSPS) is 17.5. The van der Waals surface area contributed by atoms with E-state index in [-0.39, 0.29) is 0 Å². The third-order valence-corrected chi connectivity index (χ3v) is 73.5. The van der Waals surface area contributed by atoms with Crippen LogP contribution in [0.15, 0.2) is 24.3 Å². The fourth-order valence-electron chi connectivity index (χ4n) is 15.7. The van der Waals surface area contributed by atoms with Crippen LogP contribution in [-0.2, 0) is 12.8 Å². The van der Waals surface area contributed by atoms with Gasteiger partial charge < -0.3 is 0 Å². The fraction of sp³-hybridized carbons (Fsp3) is 0.750. The van der Waals surface area contributed by atoms with Gasteiger partial charge in [-0.1, -0.05) is 0 Å². The van der Waals surface area contributed by atoms with Crippen molar-refractivity contribution in [3.63, 3.8) is 0 Å². The van der Waals surface area contributed by atoms with Gasteiger partial charge in [-0.15, -0.1) is 0 Å². The second-order valence-electron chi connectivity index (χ2n) is 32.3. The molecule has 0 spiro atoms. The first kappa shape index (κ1) is 82.3. The zero-order valence-electron chi connectivity index (χ0n) is 63.2. The predicted octanol–water partition coefficient (Wildman–Crippen LogP) is 25.7. The molecule has 0 radical (unpaired) electrons. The average Bonchev–Trinajstić information content (AvgIpc) is 1.59. The van der Waals surface area contributed by atoms with Gasteiger partial charge in [0.05, 0.1) is 0 Å². The summed E-state index contributed by atoms with van der Waals surface area (Å²) in [7, 11) is -1.72. The van der Waals surface area contributed by atoms with E-state index in [1.807, 2.05) is 33.4 Å². The van der Waals surface area contributed by atoms with Crippen molar-refractivity contribution in [3.8, 4) is 19.5 Å². The fourth-order valence-corrected chi connectivity index (χ4v) is 65.2. The van der Waals surface area contributed by atoms with Crippen LogP contribution in [0.3, 0.4) is 0 Å². The predicted molar refractivity (Wildman–Crippen MR) is 439 cm³/mol. The van der Waals surface area contributed by atoms with Crippen molar-refractivity contribution < 1.29 is 0 Å². The van der Waals surface area contributed by atoms with Crippen LogP contribution in [0.2, 0.25) is 67.1 Å². The Morgan fingerprint density at radius 3 is 1.19 bits per heavy atom. The summed E-state index contributed by atoms with van der Waals surface area (Å²) in [5.74, 6) is 3.68. The molecule has 10 heteroatoms. The third-order valence-electron chi connectivity index (χ3n) is 21.4. The van der Waals surface area contributed by atoms with Crippen LogP contribution in [0.25, 0.3) is 19.5 Å². The van der Waals surface area contributed by atoms with E-state index in [0.717, 1.165) is 23.7 Å². The quantitative estimate of drug-likeness (QED) is 0.0270. The standard InChI is InChI=1S/C25H39GeS2.C25H39S2Si.C21H37S.9CH3.3Sn/c1-6-10-12-20(8-3)17-26(18-21(9-4)13-11-7-2)22-14-15-27-24(22)25-23(26)16-19(5)28-25;1-6-10-12-20(8-3)17-28(18-21(9-4)13-11-7-2)22-14-15-26-24(22)25-23(28)16-19(5)27-25;1-4-6-8-10-12-14-16-20-18-22-19(3)21(20)17-15-13-11-9-7-5-2;;;;;;;;;;;;/h2*14,16,20-21H,6-13,17-18H2,1-5H3;4-17H2,1-3H3;9*1H3;;;. The summed E-state index contributed by atoms with van der Waals surface area (Å²) in [6.07, 6.45) is 42.0. The van der Waals surface area contributed by atoms with E-state index in [9.17, 15) is 0 Å². The summed E-state index contributed by atoms with van der Waals surface area (Å²) in [6, 6.07) is 14.0. The van der Waals surface area contributed by atoms with Gasteiger partial charge in [0.15, 0.2) is 0 Å². The molecule has 4 atom stereocenters.